The van der Waals surface area contributed by atoms with Crippen LogP contribution < -0.4 is 5.32 Å². The van der Waals surface area contributed by atoms with E-state index in [2.05, 4.69) is 26.0 Å². The van der Waals surface area contributed by atoms with Crippen LogP contribution in [0.5, 0.6) is 0 Å². The number of amides is 1. The van der Waals surface area contributed by atoms with Crippen LogP contribution in [-0.4, -0.2) is 19.0 Å². The lowest BCUT2D eigenvalue weighted by atomic mass is 10.1. The first-order chi connectivity index (χ1) is 10.5. The first-order valence-electron chi connectivity index (χ1n) is 6.42. The van der Waals surface area contributed by atoms with E-state index in [1.54, 1.807) is 6.07 Å². The predicted molar refractivity (Wildman–Crippen MR) is 83.1 cm³/mol. The molecule has 0 fully saturated rings. The molecular formula is C16H13BrFNO3. The number of rotatable bonds is 4. The molecule has 0 unspecified atom stereocenters. The lowest BCUT2D eigenvalue weighted by Crippen LogP contribution is -2.23. The quantitative estimate of drug-likeness (QED) is 0.845. The Morgan fingerprint density at radius 1 is 1.14 bits per heavy atom. The second-order valence-corrected chi connectivity index (χ2v) is 5.34. The zero-order chi connectivity index (χ0) is 16.1. The van der Waals surface area contributed by atoms with Crippen LogP contribution in [0.2, 0.25) is 0 Å². The first kappa shape index (κ1) is 16.2. The number of esters is 1. The summed E-state index contributed by atoms with van der Waals surface area (Å²) in [7, 11) is 1.29. The van der Waals surface area contributed by atoms with Gasteiger partial charge in [-0.05, 0) is 48.0 Å². The molecule has 0 aliphatic rings. The molecule has 0 atom stereocenters. The van der Waals surface area contributed by atoms with Gasteiger partial charge in [0.2, 0.25) is 0 Å². The van der Waals surface area contributed by atoms with Gasteiger partial charge in [0.1, 0.15) is 5.82 Å². The molecule has 0 aliphatic heterocycles. The molecule has 114 valence electrons. The summed E-state index contributed by atoms with van der Waals surface area (Å²) in [6, 6.07) is 10.4. The van der Waals surface area contributed by atoms with Crippen LogP contribution >= 0.6 is 15.9 Å². The number of hydrogen-bond acceptors (Lipinski definition) is 3. The molecule has 2 aromatic rings. The third kappa shape index (κ3) is 3.92. The van der Waals surface area contributed by atoms with Gasteiger partial charge in [0.05, 0.1) is 12.7 Å². The third-order valence-electron chi connectivity index (χ3n) is 3.02. The van der Waals surface area contributed by atoms with Gasteiger partial charge < -0.3 is 10.1 Å². The van der Waals surface area contributed by atoms with E-state index >= 15 is 0 Å². The molecule has 0 saturated carbocycles. The fourth-order valence-corrected chi connectivity index (χ4v) is 2.22. The standard InChI is InChI=1S/C16H13BrFNO3/c1-22-16(21)11-4-2-10(3-5-11)15(20)19-9-12-8-13(18)6-7-14(12)17/h2-8H,9H2,1H3,(H,19,20). The molecule has 1 N–H and O–H groups in total. The molecule has 22 heavy (non-hydrogen) atoms. The largest absolute Gasteiger partial charge is 0.465 e. The molecule has 6 heteroatoms. The zero-order valence-corrected chi connectivity index (χ0v) is 13.3. The zero-order valence-electron chi connectivity index (χ0n) is 11.7. The van der Waals surface area contributed by atoms with E-state index in [1.807, 2.05) is 0 Å². The van der Waals surface area contributed by atoms with Crippen molar-refractivity contribution >= 4 is 27.8 Å². The molecule has 2 rings (SSSR count). The van der Waals surface area contributed by atoms with E-state index in [0.717, 1.165) is 4.47 Å². The first-order valence-corrected chi connectivity index (χ1v) is 7.21. The van der Waals surface area contributed by atoms with Crippen LogP contribution in [-0.2, 0) is 11.3 Å². The Morgan fingerprint density at radius 2 is 1.77 bits per heavy atom. The number of methoxy groups -OCH3 is 1. The van der Waals surface area contributed by atoms with Crippen LogP contribution in [0, 0.1) is 5.82 Å². The normalized spacial score (nSPS) is 10.1. The van der Waals surface area contributed by atoms with Crippen molar-refractivity contribution in [1.82, 2.24) is 5.32 Å². The average Bonchev–Trinajstić information content (AvgIpc) is 2.54. The number of ether oxygens (including phenoxy) is 1. The van der Waals surface area contributed by atoms with E-state index < -0.39 is 5.97 Å². The van der Waals surface area contributed by atoms with E-state index in [1.165, 1.54) is 43.5 Å². The van der Waals surface area contributed by atoms with Gasteiger partial charge >= 0.3 is 5.97 Å². The molecule has 0 aromatic heterocycles. The SMILES string of the molecule is COC(=O)c1ccc(C(=O)NCc2cc(F)ccc2Br)cc1. The summed E-state index contributed by atoms with van der Waals surface area (Å²) in [5.41, 5.74) is 1.41. The van der Waals surface area contributed by atoms with Gasteiger partial charge in [0.15, 0.2) is 0 Å². The fourth-order valence-electron chi connectivity index (χ4n) is 1.83. The van der Waals surface area contributed by atoms with Crippen molar-refractivity contribution in [2.45, 2.75) is 6.54 Å². The smallest absolute Gasteiger partial charge is 0.337 e. The van der Waals surface area contributed by atoms with Gasteiger partial charge in [0, 0.05) is 16.6 Å². The molecule has 0 bridgehead atoms. The summed E-state index contributed by atoms with van der Waals surface area (Å²) in [6.45, 7) is 0.190. The summed E-state index contributed by atoms with van der Waals surface area (Å²) < 4.78 is 18.5. The minimum Gasteiger partial charge on any atom is -0.465 e. The Hall–Kier alpha value is -2.21. The van der Waals surface area contributed by atoms with Crippen LogP contribution in [0.3, 0.4) is 0 Å². The highest BCUT2D eigenvalue weighted by atomic mass is 79.9. The number of hydrogen-bond donors (Lipinski definition) is 1. The van der Waals surface area contributed by atoms with Crippen molar-refractivity contribution < 1.29 is 18.7 Å². The Morgan fingerprint density at radius 3 is 2.41 bits per heavy atom. The number of halogens is 2. The van der Waals surface area contributed by atoms with Crippen molar-refractivity contribution in [2.75, 3.05) is 7.11 Å². The summed E-state index contributed by atoms with van der Waals surface area (Å²) >= 11 is 3.30. The predicted octanol–water partition coefficient (Wildman–Crippen LogP) is 3.30. The van der Waals surface area contributed by atoms with Crippen molar-refractivity contribution in [3.8, 4) is 0 Å². The Kier molecular flexibility index (Phi) is 5.27. The molecule has 0 aliphatic carbocycles. The highest BCUT2D eigenvalue weighted by Gasteiger charge is 2.10. The van der Waals surface area contributed by atoms with Crippen LogP contribution in [0.1, 0.15) is 26.3 Å². The number of carbonyl (C=O) groups is 2. The summed E-state index contributed by atoms with van der Waals surface area (Å²) in [4.78, 5) is 23.3. The van der Waals surface area contributed by atoms with E-state index in [0.29, 0.717) is 16.7 Å². The summed E-state index contributed by atoms with van der Waals surface area (Å²) in [5, 5.41) is 2.69. The third-order valence-corrected chi connectivity index (χ3v) is 3.79. The van der Waals surface area contributed by atoms with Crippen molar-refractivity contribution in [3.05, 3.63) is 69.4 Å². The Labute approximate surface area is 135 Å². The van der Waals surface area contributed by atoms with E-state index in [-0.39, 0.29) is 18.3 Å². The highest BCUT2D eigenvalue weighted by Crippen LogP contribution is 2.17. The monoisotopic (exact) mass is 365 g/mol. The van der Waals surface area contributed by atoms with Gasteiger partial charge in [-0.15, -0.1) is 0 Å². The van der Waals surface area contributed by atoms with Crippen molar-refractivity contribution in [1.29, 1.82) is 0 Å². The fraction of sp³-hybridized carbons (Fsp3) is 0.125. The van der Waals surface area contributed by atoms with Crippen LogP contribution in [0.4, 0.5) is 4.39 Å². The summed E-state index contributed by atoms with van der Waals surface area (Å²) in [5.74, 6) is -1.14. The lowest BCUT2D eigenvalue weighted by molar-refractivity contribution is 0.0600. The average molecular weight is 366 g/mol. The minimum atomic E-state index is -0.462. The maximum Gasteiger partial charge on any atom is 0.337 e. The van der Waals surface area contributed by atoms with Crippen molar-refractivity contribution in [3.63, 3.8) is 0 Å². The van der Waals surface area contributed by atoms with Gasteiger partial charge in [-0.3, -0.25) is 4.79 Å². The second-order valence-electron chi connectivity index (χ2n) is 4.49. The molecule has 0 saturated heterocycles. The van der Waals surface area contributed by atoms with Gasteiger partial charge in [-0.2, -0.15) is 0 Å². The number of carbonyl (C=O) groups excluding carboxylic acids is 2. The Balaban J connectivity index is 2.03. The molecule has 2 aromatic carbocycles. The molecule has 4 nitrogen and oxygen atoms in total. The molecule has 0 spiro atoms. The van der Waals surface area contributed by atoms with Crippen LogP contribution in [0.15, 0.2) is 46.9 Å². The van der Waals surface area contributed by atoms with Gasteiger partial charge in [-0.25, -0.2) is 9.18 Å². The van der Waals surface area contributed by atoms with E-state index in [4.69, 9.17) is 0 Å². The summed E-state index contributed by atoms with van der Waals surface area (Å²) in [6.07, 6.45) is 0. The molecule has 0 heterocycles. The van der Waals surface area contributed by atoms with Gasteiger partial charge in [-0.1, -0.05) is 15.9 Å². The second kappa shape index (κ2) is 7.17. The van der Waals surface area contributed by atoms with E-state index in [9.17, 15) is 14.0 Å². The lowest BCUT2D eigenvalue weighted by Gasteiger charge is -2.08. The number of benzene rings is 2. The Bertz CT molecular complexity index is 701. The molecule has 1 amide bonds. The topological polar surface area (TPSA) is 55.4 Å². The number of nitrogens with one attached hydrogen (secondary N) is 1. The van der Waals surface area contributed by atoms with Gasteiger partial charge in [0.25, 0.3) is 5.91 Å². The maximum atomic E-state index is 13.2. The highest BCUT2D eigenvalue weighted by molar-refractivity contribution is 9.10. The maximum absolute atomic E-state index is 13.2. The molecular weight excluding hydrogens is 353 g/mol. The van der Waals surface area contributed by atoms with Crippen molar-refractivity contribution in [2.24, 2.45) is 0 Å². The minimum absolute atomic E-state index is 0.190. The van der Waals surface area contributed by atoms with Crippen LogP contribution in [0.25, 0.3) is 0 Å². The molecule has 0 radical (unpaired) electrons.